The molecule has 2 aromatic heterocycles. The largest absolute Gasteiger partial charge is 0.457 e. The van der Waals surface area contributed by atoms with E-state index in [1.165, 1.54) is 4.90 Å². The molecule has 3 heterocycles. The zero-order valence-electron chi connectivity index (χ0n) is 28.3. The number of rotatable bonds is 9. The molecule has 4 N–H and O–H groups in total. The summed E-state index contributed by atoms with van der Waals surface area (Å²) in [6, 6.07) is 23.6. The Balaban J connectivity index is 1.20. The zero-order chi connectivity index (χ0) is 34.5. The average Bonchev–Trinajstić information content (AvgIpc) is 3.51. The number of hydrogen-bond donors (Lipinski definition) is 3. The van der Waals surface area contributed by atoms with Crippen LogP contribution in [0.2, 0.25) is 0 Å². The molecule has 0 bridgehead atoms. The fourth-order valence-corrected chi connectivity index (χ4v) is 5.60. The average molecular weight is 663 g/mol. The van der Waals surface area contributed by atoms with Crippen molar-refractivity contribution in [2.24, 2.45) is 5.73 Å². The van der Waals surface area contributed by atoms with Crippen molar-refractivity contribution in [1.29, 1.82) is 0 Å². The number of morpholine rings is 1. The molecule has 5 aromatic rings. The lowest BCUT2D eigenvalue weighted by molar-refractivity contribution is 0.0393. The Morgan fingerprint density at radius 1 is 0.959 bits per heavy atom. The normalized spacial score (nSPS) is 13.6. The molecular weight excluding hydrogens is 620 g/mol. The predicted octanol–water partition coefficient (Wildman–Crippen LogP) is 6.68. The van der Waals surface area contributed by atoms with Gasteiger partial charge in [0.05, 0.1) is 30.3 Å². The van der Waals surface area contributed by atoms with Gasteiger partial charge < -0.3 is 20.5 Å². The molecule has 6 rings (SSSR count). The molecule has 3 aromatic carbocycles. The fraction of sp³-hybridized carbons (Fsp3) is 0.297. The first-order chi connectivity index (χ1) is 23.5. The Morgan fingerprint density at radius 2 is 1.69 bits per heavy atom. The van der Waals surface area contributed by atoms with Gasteiger partial charge in [-0.25, -0.2) is 19.3 Å². The summed E-state index contributed by atoms with van der Waals surface area (Å²) in [6.07, 6.45) is 1.59. The number of ether oxygens (including phenoxy) is 2. The lowest BCUT2D eigenvalue weighted by Gasteiger charge is -2.29. The summed E-state index contributed by atoms with van der Waals surface area (Å²) in [5.74, 6) is 2.02. The minimum atomic E-state index is -0.589. The number of nitrogens with one attached hydrogen (secondary N) is 2. The molecule has 0 aliphatic carbocycles. The summed E-state index contributed by atoms with van der Waals surface area (Å²) in [7, 11) is 0. The van der Waals surface area contributed by atoms with Crippen LogP contribution in [0.25, 0.3) is 16.5 Å². The number of amides is 4. The number of fused-ring (bicyclic) bond motifs is 1. The third-order valence-corrected chi connectivity index (χ3v) is 8.36. The van der Waals surface area contributed by atoms with Gasteiger partial charge >= 0.3 is 12.1 Å². The molecule has 0 radical (unpaired) electrons. The van der Waals surface area contributed by atoms with Crippen LogP contribution in [0.15, 0.2) is 85.1 Å². The van der Waals surface area contributed by atoms with Crippen molar-refractivity contribution in [3.8, 4) is 17.2 Å². The van der Waals surface area contributed by atoms with E-state index in [0.29, 0.717) is 55.1 Å². The standard InChI is InChI=1S/C37H42N8O4/c1-25-9-11-26(12-10-25)45-34(24-32(42-45)37(2,3)4)41-36(47)40-30-13-14-31(29-8-6-5-7-28(29)30)49-27-15-16-39-33(23-27)44(35(38)46)18-17-43-19-21-48-22-20-43/h5-16,23-24H,17-22H2,1-4H3,(H2,38,46)(H2,40,41,47). The molecule has 0 unspecified atom stereocenters. The first-order valence-electron chi connectivity index (χ1n) is 16.3. The van der Waals surface area contributed by atoms with E-state index in [1.807, 2.05) is 61.5 Å². The number of aromatic nitrogens is 3. The summed E-state index contributed by atoms with van der Waals surface area (Å²) < 4.78 is 13.5. The van der Waals surface area contributed by atoms with Gasteiger partial charge in [-0.15, -0.1) is 0 Å². The molecule has 4 amide bonds. The maximum Gasteiger partial charge on any atom is 0.324 e. The van der Waals surface area contributed by atoms with Gasteiger partial charge in [-0.05, 0) is 37.3 Å². The van der Waals surface area contributed by atoms with Crippen LogP contribution in [0.1, 0.15) is 32.0 Å². The van der Waals surface area contributed by atoms with Crippen molar-refractivity contribution < 1.29 is 19.1 Å². The second-order valence-electron chi connectivity index (χ2n) is 13.0. The summed E-state index contributed by atoms with van der Waals surface area (Å²) in [6.45, 7) is 12.3. The summed E-state index contributed by atoms with van der Waals surface area (Å²) in [5, 5.41) is 12.4. The van der Waals surface area contributed by atoms with E-state index in [9.17, 15) is 9.59 Å². The molecule has 0 spiro atoms. The van der Waals surface area contributed by atoms with Crippen molar-refractivity contribution in [3.05, 3.63) is 96.3 Å². The Kier molecular flexibility index (Phi) is 9.79. The number of anilines is 3. The van der Waals surface area contributed by atoms with Crippen molar-refractivity contribution in [2.45, 2.75) is 33.1 Å². The second-order valence-corrected chi connectivity index (χ2v) is 13.0. The number of carbonyl (C=O) groups excluding carboxylic acids is 2. The van der Waals surface area contributed by atoms with Gasteiger partial charge in [0.15, 0.2) is 0 Å². The molecule has 1 aliphatic heterocycles. The monoisotopic (exact) mass is 662 g/mol. The fourth-order valence-electron chi connectivity index (χ4n) is 5.60. The van der Waals surface area contributed by atoms with Crippen molar-refractivity contribution >= 4 is 40.2 Å². The number of benzene rings is 3. The number of nitrogens with two attached hydrogens (primary N) is 1. The highest BCUT2D eigenvalue weighted by molar-refractivity contribution is 6.07. The maximum atomic E-state index is 13.5. The van der Waals surface area contributed by atoms with Crippen LogP contribution < -0.4 is 26.0 Å². The number of aryl methyl sites for hydroxylation is 1. The molecule has 49 heavy (non-hydrogen) atoms. The molecule has 12 nitrogen and oxygen atoms in total. The maximum absolute atomic E-state index is 13.5. The van der Waals surface area contributed by atoms with Crippen LogP contribution in [-0.2, 0) is 10.2 Å². The highest BCUT2D eigenvalue weighted by Crippen LogP contribution is 2.35. The first kappa shape index (κ1) is 33.4. The summed E-state index contributed by atoms with van der Waals surface area (Å²) in [5.41, 5.74) is 8.97. The van der Waals surface area contributed by atoms with E-state index in [-0.39, 0.29) is 5.41 Å². The first-order valence-corrected chi connectivity index (χ1v) is 16.3. The zero-order valence-corrected chi connectivity index (χ0v) is 28.3. The lowest BCUT2D eigenvalue weighted by atomic mass is 9.92. The molecular formula is C37H42N8O4. The smallest absolute Gasteiger partial charge is 0.324 e. The van der Waals surface area contributed by atoms with Crippen molar-refractivity contribution in [2.75, 3.05) is 54.9 Å². The van der Waals surface area contributed by atoms with E-state index >= 15 is 0 Å². The topological polar surface area (TPSA) is 140 Å². The number of primary amides is 1. The van der Waals surface area contributed by atoms with Crippen LogP contribution in [0.4, 0.5) is 26.9 Å². The van der Waals surface area contributed by atoms with Crippen LogP contribution in [-0.4, -0.2) is 71.1 Å². The van der Waals surface area contributed by atoms with Crippen LogP contribution in [0, 0.1) is 6.92 Å². The Bertz CT molecular complexity index is 1940. The number of carbonyl (C=O) groups is 2. The summed E-state index contributed by atoms with van der Waals surface area (Å²) >= 11 is 0. The Labute approximate surface area is 285 Å². The van der Waals surface area contributed by atoms with Gasteiger partial charge in [0.2, 0.25) is 0 Å². The predicted molar refractivity (Wildman–Crippen MR) is 192 cm³/mol. The molecule has 254 valence electrons. The highest BCUT2D eigenvalue weighted by Gasteiger charge is 2.22. The van der Waals surface area contributed by atoms with Gasteiger partial charge in [-0.2, -0.15) is 5.10 Å². The number of hydrogen-bond acceptors (Lipinski definition) is 7. The summed E-state index contributed by atoms with van der Waals surface area (Å²) in [4.78, 5) is 33.9. The molecule has 1 aliphatic rings. The number of pyridine rings is 1. The Morgan fingerprint density at radius 3 is 2.41 bits per heavy atom. The van der Waals surface area contributed by atoms with E-state index in [1.54, 1.807) is 35.1 Å². The van der Waals surface area contributed by atoms with Crippen LogP contribution >= 0.6 is 0 Å². The lowest BCUT2D eigenvalue weighted by Crippen LogP contribution is -2.45. The van der Waals surface area contributed by atoms with E-state index in [0.717, 1.165) is 40.8 Å². The van der Waals surface area contributed by atoms with Crippen LogP contribution in [0.5, 0.6) is 11.5 Å². The van der Waals surface area contributed by atoms with Crippen molar-refractivity contribution in [1.82, 2.24) is 19.7 Å². The minimum Gasteiger partial charge on any atom is -0.457 e. The third kappa shape index (κ3) is 7.99. The van der Waals surface area contributed by atoms with E-state index in [4.69, 9.17) is 20.3 Å². The van der Waals surface area contributed by atoms with Gasteiger partial charge in [0, 0.05) is 60.7 Å². The van der Waals surface area contributed by atoms with E-state index in [2.05, 4.69) is 41.3 Å². The second kappa shape index (κ2) is 14.3. The Hall–Kier alpha value is -5.46. The number of urea groups is 2. The van der Waals surface area contributed by atoms with E-state index < -0.39 is 12.1 Å². The molecule has 1 fully saturated rings. The SMILES string of the molecule is Cc1ccc(-n2nc(C(C)(C)C)cc2NC(=O)Nc2ccc(Oc3ccnc(N(CCN4CCOCC4)C(N)=O)c3)c3ccccc23)cc1. The van der Waals surface area contributed by atoms with Crippen LogP contribution in [0.3, 0.4) is 0 Å². The minimum absolute atomic E-state index is 0.217. The van der Waals surface area contributed by atoms with Gasteiger partial charge in [0.25, 0.3) is 0 Å². The molecule has 0 saturated carbocycles. The molecule has 0 atom stereocenters. The molecule has 1 saturated heterocycles. The third-order valence-electron chi connectivity index (χ3n) is 8.36. The number of nitrogens with zero attached hydrogens (tertiary/aromatic N) is 5. The van der Waals surface area contributed by atoms with Gasteiger partial charge in [0.1, 0.15) is 23.1 Å². The van der Waals surface area contributed by atoms with Gasteiger partial charge in [-0.1, -0.05) is 62.7 Å². The molecule has 12 heteroatoms. The quantitative estimate of drug-likeness (QED) is 0.160. The van der Waals surface area contributed by atoms with Crippen molar-refractivity contribution in [3.63, 3.8) is 0 Å². The highest BCUT2D eigenvalue weighted by atomic mass is 16.5. The van der Waals surface area contributed by atoms with Gasteiger partial charge in [-0.3, -0.25) is 15.1 Å².